The number of rotatable bonds is 4. The lowest BCUT2D eigenvalue weighted by molar-refractivity contribution is -0.141. The van der Waals surface area contributed by atoms with E-state index in [1.54, 1.807) is 4.90 Å². The molecule has 1 aliphatic rings. The minimum Gasteiger partial charge on any atom is -0.350 e. The Morgan fingerprint density at radius 1 is 1.25 bits per heavy atom. The number of carbonyl (C=O) groups excluding carboxylic acids is 1. The lowest BCUT2D eigenvalue weighted by atomic mass is 10.2. The smallest absolute Gasteiger partial charge is 0.350 e. The van der Waals surface area contributed by atoms with Gasteiger partial charge in [-0.05, 0) is 30.2 Å². The summed E-state index contributed by atoms with van der Waals surface area (Å²) in [5.41, 5.74) is 0.631. The lowest BCUT2D eigenvalue weighted by Gasteiger charge is -2.16. The summed E-state index contributed by atoms with van der Waals surface area (Å²) in [6.45, 7) is 0.948. The molecule has 2 aromatic rings. The van der Waals surface area contributed by atoms with Crippen LogP contribution < -0.4 is 10.2 Å². The van der Waals surface area contributed by atoms with E-state index in [0.717, 1.165) is 29.9 Å². The summed E-state index contributed by atoms with van der Waals surface area (Å²) in [6.07, 6.45) is -2.06. The normalized spacial score (nSPS) is 15.0. The van der Waals surface area contributed by atoms with Crippen LogP contribution in [0.2, 0.25) is 0 Å². The highest BCUT2D eigenvalue weighted by Crippen LogP contribution is 2.27. The van der Waals surface area contributed by atoms with Gasteiger partial charge in [0.1, 0.15) is 5.69 Å². The maximum Gasteiger partial charge on any atom is 0.433 e. The topological polar surface area (TPSA) is 58.1 Å². The Balaban J connectivity index is 1.70. The monoisotopic (exact) mass is 336 g/mol. The van der Waals surface area contributed by atoms with E-state index in [2.05, 4.69) is 15.3 Å². The van der Waals surface area contributed by atoms with Crippen molar-refractivity contribution < 1.29 is 18.0 Å². The van der Waals surface area contributed by atoms with Gasteiger partial charge >= 0.3 is 6.18 Å². The first-order valence-electron chi connectivity index (χ1n) is 7.47. The number of anilines is 2. The Morgan fingerprint density at radius 3 is 2.79 bits per heavy atom. The van der Waals surface area contributed by atoms with E-state index in [-0.39, 0.29) is 18.4 Å². The fourth-order valence-electron chi connectivity index (χ4n) is 2.54. The quantitative estimate of drug-likeness (QED) is 0.931. The van der Waals surface area contributed by atoms with Gasteiger partial charge < -0.3 is 10.2 Å². The second-order valence-electron chi connectivity index (χ2n) is 5.44. The lowest BCUT2D eigenvalue weighted by Crippen LogP contribution is -2.23. The molecule has 0 spiro atoms. The van der Waals surface area contributed by atoms with Crippen molar-refractivity contribution in [2.24, 2.45) is 0 Å². The molecular formula is C16H15F3N4O. The Kier molecular flexibility index (Phi) is 4.37. The third-order valence-electron chi connectivity index (χ3n) is 3.69. The molecule has 1 aromatic heterocycles. The van der Waals surface area contributed by atoms with E-state index in [1.807, 2.05) is 24.3 Å². The van der Waals surface area contributed by atoms with Gasteiger partial charge in [-0.15, -0.1) is 0 Å². The van der Waals surface area contributed by atoms with E-state index >= 15 is 0 Å². The summed E-state index contributed by atoms with van der Waals surface area (Å²) >= 11 is 0. The number of alkyl halides is 3. The number of halogens is 3. The predicted molar refractivity (Wildman–Crippen MR) is 82.4 cm³/mol. The Labute approximate surface area is 136 Å². The first-order valence-corrected chi connectivity index (χ1v) is 7.47. The Morgan fingerprint density at radius 2 is 2.08 bits per heavy atom. The predicted octanol–water partition coefficient (Wildman–Crippen LogP) is 3.23. The fourth-order valence-corrected chi connectivity index (χ4v) is 2.54. The Hall–Kier alpha value is -2.64. The van der Waals surface area contributed by atoms with E-state index in [4.69, 9.17) is 0 Å². The van der Waals surface area contributed by atoms with Crippen LogP contribution in [0.1, 0.15) is 24.1 Å². The van der Waals surface area contributed by atoms with Crippen LogP contribution in [-0.2, 0) is 17.5 Å². The third kappa shape index (κ3) is 3.64. The van der Waals surface area contributed by atoms with Gasteiger partial charge in [-0.25, -0.2) is 9.97 Å². The SMILES string of the molecule is O=C1CCCN1c1cccc(CNc2nccc(C(F)(F)F)n2)c1. The van der Waals surface area contributed by atoms with Crippen molar-refractivity contribution in [3.8, 4) is 0 Å². The molecule has 0 bridgehead atoms. The molecule has 0 radical (unpaired) electrons. The maximum atomic E-state index is 12.6. The number of amides is 1. The van der Waals surface area contributed by atoms with Gasteiger partial charge in [0.25, 0.3) is 0 Å². The second kappa shape index (κ2) is 6.46. The van der Waals surface area contributed by atoms with E-state index in [0.29, 0.717) is 13.0 Å². The van der Waals surface area contributed by atoms with E-state index < -0.39 is 11.9 Å². The zero-order chi connectivity index (χ0) is 17.2. The largest absolute Gasteiger partial charge is 0.433 e. The van der Waals surface area contributed by atoms with Gasteiger partial charge in [0.15, 0.2) is 0 Å². The van der Waals surface area contributed by atoms with Gasteiger partial charge in [0, 0.05) is 31.4 Å². The van der Waals surface area contributed by atoms with Gasteiger partial charge in [-0.3, -0.25) is 4.79 Å². The minimum atomic E-state index is -4.50. The highest BCUT2D eigenvalue weighted by atomic mass is 19.4. The second-order valence-corrected chi connectivity index (χ2v) is 5.44. The van der Waals surface area contributed by atoms with Crippen molar-refractivity contribution in [1.82, 2.24) is 9.97 Å². The zero-order valence-electron chi connectivity index (χ0n) is 12.7. The van der Waals surface area contributed by atoms with Crippen LogP contribution in [0.5, 0.6) is 0 Å². The highest BCUT2D eigenvalue weighted by Gasteiger charge is 2.32. The number of hydrogen-bond donors (Lipinski definition) is 1. The molecular weight excluding hydrogens is 321 g/mol. The molecule has 0 atom stereocenters. The molecule has 24 heavy (non-hydrogen) atoms. The average Bonchev–Trinajstić information content (AvgIpc) is 2.99. The molecule has 0 saturated carbocycles. The fraction of sp³-hybridized carbons (Fsp3) is 0.312. The summed E-state index contributed by atoms with van der Waals surface area (Å²) in [7, 11) is 0. The van der Waals surface area contributed by atoms with Crippen molar-refractivity contribution in [2.75, 3.05) is 16.8 Å². The number of aromatic nitrogens is 2. The number of carbonyl (C=O) groups is 1. The molecule has 1 fully saturated rings. The Bertz CT molecular complexity index is 748. The number of nitrogens with zero attached hydrogens (tertiary/aromatic N) is 3. The van der Waals surface area contributed by atoms with Gasteiger partial charge in [0.2, 0.25) is 11.9 Å². The van der Waals surface area contributed by atoms with Gasteiger partial charge in [0.05, 0.1) is 0 Å². The number of benzene rings is 1. The summed E-state index contributed by atoms with van der Waals surface area (Å²) < 4.78 is 37.9. The average molecular weight is 336 g/mol. The molecule has 1 aromatic carbocycles. The highest BCUT2D eigenvalue weighted by molar-refractivity contribution is 5.95. The standard InChI is InChI=1S/C16H15F3N4O/c17-16(18,19)13-6-7-20-15(22-13)21-10-11-3-1-4-12(9-11)23-8-2-5-14(23)24/h1,3-4,6-7,9H,2,5,8,10H2,(H,20,21,22). The van der Waals surface area contributed by atoms with Crippen LogP contribution in [0.3, 0.4) is 0 Å². The van der Waals surface area contributed by atoms with Crippen molar-refractivity contribution in [3.63, 3.8) is 0 Å². The molecule has 1 saturated heterocycles. The minimum absolute atomic E-state index is 0.0846. The van der Waals surface area contributed by atoms with Crippen molar-refractivity contribution in [2.45, 2.75) is 25.6 Å². The molecule has 8 heteroatoms. The van der Waals surface area contributed by atoms with Gasteiger partial charge in [-0.1, -0.05) is 12.1 Å². The third-order valence-corrected chi connectivity index (χ3v) is 3.69. The van der Waals surface area contributed by atoms with Crippen LogP contribution in [0, 0.1) is 0 Å². The summed E-state index contributed by atoms with van der Waals surface area (Å²) in [6, 6.07) is 8.14. The first-order chi connectivity index (χ1) is 11.4. The van der Waals surface area contributed by atoms with E-state index in [9.17, 15) is 18.0 Å². The number of hydrogen-bond acceptors (Lipinski definition) is 4. The molecule has 126 valence electrons. The summed E-state index contributed by atoms with van der Waals surface area (Å²) in [4.78, 5) is 20.7. The summed E-state index contributed by atoms with van der Waals surface area (Å²) in [5, 5.41) is 2.78. The van der Waals surface area contributed by atoms with Crippen LogP contribution in [0.4, 0.5) is 24.8 Å². The van der Waals surface area contributed by atoms with Crippen LogP contribution >= 0.6 is 0 Å². The molecule has 5 nitrogen and oxygen atoms in total. The molecule has 1 N–H and O–H groups in total. The molecule has 0 unspecified atom stereocenters. The van der Waals surface area contributed by atoms with Crippen LogP contribution in [-0.4, -0.2) is 22.4 Å². The molecule has 1 amide bonds. The van der Waals surface area contributed by atoms with Crippen molar-refractivity contribution in [1.29, 1.82) is 0 Å². The van der Waals surface area contributed by atoms with Crippen molar-refractivity contribution >= 4 is 17.5 Å². The van der Waals surface area contributed by atoms with Crippen LogP contribution in [0.15, 0.2) is 36.5 Å². The van der Waals surface area contributed by atoms with Crippen LogP contribution in [0.25, 0.3) is 0 Å². The van der Waals surface area contributed by atoms with Gasteiger partial charge in [-0.2, -0.15) is 13.2 Å². The van der Waals surface area contributed by atoms with E-state index in [1.165, 1.54) is 0 Å². The maximum absolute atomic E-state index is 12.6. The zero-order valence-corrected chi connectivity index (χ0v) is 12.7. The summed E-state index contributed by atoms with van der Waals surface area (Å²) in [5.74, 6) is -0.00574. The molecule has 1 aliphatic heterocycles. The number of nitrogens with one attached hydrogen (secondary N) is 1. The first kappa shape index (κ1) is 16.2. The molecule has 0 aliphatic carbocycles. The molecule has 3 rings (SSSR count). The van der Waals surface area contributed by atoms with Crippen molar-refractivity contribution in [3.05, 3.63) is 47.8 Å². The molecule has 2 heterocycles.